The van der Waals surface area contributed by atoms with E-state index in [9.17, 15) is 9.36 Å². The summed E-state index contributed by atoms with van der Waals surface area (Å²) in [6, 6.07) is 8.73. The Balaban J connectivity index is 2.97. The first-order valence-corrected chi connectivity index (χ1v) is 6.79. The molecule has 0 spiro atoms. The van der Waals surface area contributed by atoms with Gasteiger partial charge in [0.1, 0.15) is 6.16 Å². The van der Waals surface area contributed by atoms with Gasteiger partial charge in [0.2, 0.25) is 7.37 Å². The number of carbonyl (C=O) groups is 1. The van der Waals surface area contributed by atoms with Crippen molar-refractivity contribution in [2.45, 2.75) is 6.92 Å². The molecule has 0 saturated heterocycles. The summed E-state index contributed by atoms with van der Waals surface area (Å²) >= 11 is 0. The molecule has 88 valence electrons. The summed E-state index contributed by atoms with van der Waals surface area (Å²) in [7, 11) is -1.85. The predicted molar refractivity (Wildman–Crippen MR) is 62.2 cm³/mol. The van der Waals surface area contributed by atoms with Gasteiger partial charge in [0, 0.05) is 5.30 Å². The van der Waals surface area contributed by atoms with Gasteiger partial charge in [-0.15, -0.1) is 0 Å². The first-order valence-electron chi connectivity index (χ1n) is 4.98. The molecule has 1 unspecified atom stereocenters. The number of hydrogen-bond acceptors (Lipinski definition) is 4. The quantitative estimate of drug-likeness (QED) is 0.583. The van der Waals surface area contributed by atoms with Crippen molar-refractivity contribution >= 4 is 18.6 Å². The molecule has 0 saturated carbocycles. The Morgan fingerprint density at radius 3 is 2.44 bits per heavy atom. The number of ether oxygens (including phenoxy) is 1. The van der Waals surface area contributed by atoms with Crippen LogP contribution in [0.15, 0.2) is 30.3 Å². The lowest BCUT2D eigenvalue weighted by Gasteiger charge is -2.16. The molecule has 1 aromatic carbocycles. The zero-order chi connectivity index (χ0) is 12.0. The summed E-state index contributed by atoms with van der Waals surface area (Å²) in [6.07, 6.45) is -0.221. The van der Waals surface area contributed by atoms with Crippen LogP contribution in [0.5, 0.6) is 0 Å². The summed E-state index contributed by atoms with van der Waals surface area (Å²) in [5, 5.41) is 0.544. The molecule has 0 aliphatic carbocycles. The fraction of sp³-hybridized carbons (Fsp3) is 0.364. The third kappa shape index (κ3) is 3.19. The van der Waals surface area contributed by atoms with Crippen LogP contribution in [-0.2, 0) is 18.6 Å². The van der Waals surface area contributed by atoms with E-state index in [0.717, 1.165) is 0 Å². The fourth-order valence-electron chi connectivity index (χ4n) is 1.31. The summed E-state index contributed by atoms with van der Waals surface area (Å²) in [5.41, 5.74) is 0. The molecule has 0 aromatic heterocycles. The van der Waals surface area contributed by atoms with Crippen LogP contribution in [0.25, 0.3) is 0 Å². The maximum atomic E-state index is 12.5. The van der Waals surface area contributed by atoms with Crippen LogP contribution in [0.1, 0.15) is 6.92 Å². The highest BCUT2D eigenvalue weighted by atomic mass is 31.2. The van der Waals surface area contributed by atoms with Crippen LogP contribution in [-0.4, -0.2) is 25.8 Å². The van der Waals surface area contributed by atoms with Crippen LogP contribution in [0, 0.1) is 0 Å². The number of methoxy groups -OCH3 is 1. The van der Waals surface area contributed by atoms with Gasteiger partial charge in [0.25, 0.3) is 0 Å². The molecule has 5 heteroatoms. The minimum absolute atomic E-state index is 0.221. The second-order valence-electron chi connectivity index (χ2n) is 3.16. The molecule has 0 fully saturated rings. The molecule has 0 heterocycles. The number of hydrogen-bond donors (Lipinski definition) is 0. The molecule has 4 nitrogen and oxygen atoms in total. The third-order valence-corrected chi connectivity index (χ3v) is 4.49. The van der Waals surface area contributed by atoms with Crippen molar-refractivity contribution in [3.8, 4) is 0 Å². The number of carbonyl (C=O) groups excluding carboxylic acids is 1. The molecule has 0 aliphatic heterocycles. The lowest BCUT2D eigenvalue weighted by atomic mass is 10.4. The van der Waals surface area contributed by atoms with Crippen LogP contribution in [0.2, 0.25) is 0 Å². The number of benzene rings is 1. The normalized spacial score (nSPS) is 14.1. The van der Waals surface area contributed by atoms with Gasteiger partial charge in [-0.3, -0.25) is 9.36 Å². The van der Waals surface area contributed by atoms with E-state index in [2.05, 4.69) is 4.74 Å². The molecule has 0 aliphatic rings. The second kappa shape index (κ2) is 5.83. The minimum Gasteiger partial charge on any atom is -0.469 e. The highest BCUT2D eigenvalue weighted by Crippen LogP contribution is 2.45. The van der Waals surface area contributed by atoms with Crippen LogP contribution in [0.3, 0.4) is 0 Å². The Bertz CT molecular complexity index is 388. The van der Waals surface area contributed by atoms with Crippen molar-refractivity contribution in [1.82, 2.24) is 0 Å². The summed E-state index contributed by atoms with van der Waals surface area (Å²) in [4.78, 5) is 11.2. The van der Waals surface area contributed by atoms with Crippen molar-refractivity contribution in [1.29, 1.82) is 0 Å². The van der Waals surface area contributed by atoms with Gasteiger partial charge in [-0.1, -0.05) is 18.2 Å². The highest BCUT2D eigenvalue weighted by molar-refractivity contribution is 7.67. The van der Waals surface area contributed by atoms with Gasteiger partial charge < -0.3 is 9.26 Å². The average Bonchev–Trinajstić information content (AvgIpc) is 2.30. The largest absolute Gasteiger partial charge is 0.469 e. The standard InChI is InChI=1S/C11H15O4P/c1-3-15-16(13,9-11(12)14-2)10-7-5-4-6-8-10/h4-8H,3,9H2,1-2H3. The third-order valence-electron chi connectivity index (χ3n) is 2.05. The minimum atomic E-state index is -3.12. The average molecular weight is 242 g/mol. The highest BCUT2D eigenvalue weighted by Gasteiger charge is 2.29. The molecular formula is C11H15O4P. The summed E-state index contributed by atoms with van der Waals surface area (Å²) < 4.78 is 22.2. The van der Waals surface area contributed by atoms with Gasteiger partial charge >= 0.3 is 5.97 Å². The zero-order valence-corrected chi connectivity index (χ0v) is 10.3. The van der Waals surface area contributed by atoms with Crippen LogP contribution < -0.4 is 5.30 Å². The molecule has 0 bridgehead atoms. The SMILES string of the molecule is CCOP(=O)(CC(=O)OC)c1ccccc1. The maximum absolute atomic E-state index is 12.5. The molecule has 0 amide bonds. The Labute approximate surface area is 95.0 Å². The fourth-order valence-corrected chi connectivity index (χ4v) is 3.25. The Morgan fingerprint density at radius 2 is 1.94 bits per heavy atom. The van der Waals surface area contributed by atoms with Crippen molar-refractivity contribution in [2.75, 3.05) is 19.9 Å². The lowest BCUT2D eigenvalue weighted by molar-refractivity contribution is -0.137. The first kappa shape index (κ1) is 12.9. The monoisotopic (exact) mass is 242 g/mol. The zero-order valence-electron chi connectivity index (χ0n) is 9.38. The van der Waals surface area contributed by atoms with E-state index in [-0.39, 0.29) is 6.16 Å². The molecule has 0 radical (unpaired) electrons. The maximum Gasteiger partial charge on any atom is 0.315 e. The Kier molecular flexibility index (Phi) is 4.71. The van der Waals surface area contributed by atoms with Gasteiger partial charge in [-0.2, -0.15) is 0 Å². The molecule has 1 atom stereocenters. The topological polar surface area (TPSA) is 52.6 Å². The van der Waals surface area contributed by atoms with Gasteiger partial charge in [0.05, 0.1) is 13.7 Å². The van der Waals surface area contributed by atoms with Gasteiger partial charge in [0.15, 0.2) is 0 Å². The molecule has 0 N–H and O–H groups in total. The van der Waals surface area contributed by atoms with E-state index in [1.54, 1.807) is 31.2 Å². The van der Waals surface area contributed by atoms with Gasteiger partial charge in [-0.25, -0.2) is 0 Å². The Morgan fingerprint density at radius 1 is 1.31 bits per heavy atom. The lowest BCUT2D eigenvalue weighted by Crippen LogP contribution is -2.17. The second-order valence-corrected chi connectivity index (χ2v) is 5.60. The summed E-state index contributed by atoms with van der Waals surface area (Å²) in [6.45, 7) is 2.04. The van der Waals surface area contributed by atoms with Crippen molar-refractivity contribution in [3.05, 3.63) is 30.3 Å². The Hall–Kier alpha value is -1.12. The number of esters is 1. The summed E-state index contributed by atoms with van der Waals surface area (Å²) in [5.74, 6) is -0.527. The molecule has 16 heavy (non-hydrogen) atoms. The van der Waals surface area contributed by atoms with Crippen LogP contribution in [0.4, 0.5) is 0 Å². The molecular weight excluding hydrogens is 227 g/mol. The van der Waals surface area contributed by atoms with E-state index in [0.29, 0.717) is 11.9 Å². The molecule has 1 rings (SSSR count). The van der Waals surface area contributed by atoms with E-state index < -0.39 is 13.3 Å². The first-order chi connectivity index (χ1) is 7.62. The van der Waals surface area contributed by atoms with E-state index in [4.69, 9.17) is 4.52 Å². The number of rotatable bonds is 5. The van der Waals surface area contributed by atoms with Crippen molar-refractivity contribution in [2.24, 2.45) is 0 Å². The predicted octanol–water partition coefficient (Wildman–Crippen LogP) is 1.80. The van der Waals surface area contributed by atoms with E-state index >= 15 is 0 Å². The smallest absolute Gasteiger partial charge is 0.315 e. The van der Waals surface area contributed by atoms with Crippen molar-refractivity contribution < 1.29 is 18.6 Å². The van der Waals surface area contributed by atoms with Gasteiger partial charge in [-0.05, 0) is 19.1 Å². The van der Waals surface area contributed by atoms with E-state index in [1.165, 1.54) is 7.11 Å². The van der Waals surface area contributed by atoms with Crippen molar-refractivity contribution in [3.63, 3.8) is 0 Å². The van der Waals surface area contributed by atoms with Crippen LogP contribution >= 0.6 is 7.37 Å². The van der Waals surface area contributed by atoms with E-state index in [1.807, 2.05) is 6.07 Å². The molecule has 1 aromatic rings.